The molecule has 0 unspecified atom stereocenters. The van der Waals surface area contributed by atoms with E-state index in [1.165, 1.54) is 29.5 Å². The number of nitrogens with two attached hydrogens (primary N) is 1. The molecule has 13 heteroatoms. The van der Waals surface area contributed by atoms with E-state index < -0.39 is 32.6 Å². The Morgan fingerprint density at radius 1 is 1.09 bits per heavy atom. The summed E-state index contributed by atoms with van der Waals surface area (Å²) in [6, 6.07) is 7.52. The molecule has 166 valence electrons. The highest BCUT2D eigenvalue weighted by atomic mass is 32.2. The molecule has 0 radical (unpaired) electrons. The fraction of sp³-hybridized carbons (Fsp3) is 0.0526. The van der Waals surface area contributed by atoms with Crippen LogP contribution in [0.15, 0.2) is 58.3 Å². The molecular formula is C19H12F4N4O3S2. The SMILES string of the molecule is NS(=O)(=O)c1ccc(-n2nc(C(F)(F)F)cc2-c2ccc(-c3cscn3)c(O)c2)cc1F. The highest BCUT2D eigenvalue weighted by Gasteiger charge is 2.35. The fourth-order valence-electron chi connectivity index (χ4n) is 3.03. The molecule has 4 aromatic rings. The minimum atomic E-state index is -4.80. The number of thiazole rings is 1. The third-order valence-corrected chi connectivity index (χ3v) is 6.00. The largest absolute Gasteiger partial charge is 0.507 e. The van der Waals surface area contributed by atoms with Crippen molar-refractivity contribution in [1.82, 2.24) is 14.8 Å². The molecule has 0 aliphatic rings. The van der Waals surface area contributed by atoms with Gasteiger partial charge in [0.1, 0.15) is 16.5 Å². The van der Waals surface area contributed by atoms with Crippen molar-refractivity contribution in [2.24, 2.45) is 5.14 Å². The monoisotopic (exact) mass is 484 g/mol. The summed E-state index contributed by atoms with van der Waals surface area (Å²) in [4.78, 5) is 3.27. The second-order valence-corrected chi connectivity index (χ2v) is 8.84. The molecule has 32 heavy (non-hydrogen) atoms. The Morgan fingerprint density at radius 2 is 1.84 bits per heavy atom. The van der Waals surface area contributed by atoms with Crippen molar-refractivity contribution in [2.75, 3.05) is 0 Å². The van der Waals surface area contributed by atoms with Crippen LogP contribution < -0.4 is 5.14 Å². The Hall–Kier alpha value is -3.29. The lowest BCUT2D eigenvalue weighted by Gasteiger charge is -2.10. The average Bonchev–Trinajstić information content (AvgIpc) is 3.36. The first-order chi connectivity index (χ1) is 14.9. The van der Waals surface area contributed by atoms with Crippen molar-refractivity contribution in [2.45, 2.75) is 11.1 Å². The van der Waals surface area contributed by atoms with Gasteiger partial charge in [-0.25, -0.2) is 27.6 Å². The van der Waals surface area contributed by atoms with Crippen molar-refractivity contribution in [1.29, 1.82) is 0 Å². The molecule has 2 aromatic carbocycles. The number of sulfonamides is 1. The number of primary sulfonamides is 1. The number of aromatic hydroxyl groups is 1. The lowest BCUT2D eigenvalue weighted by Crippen LogP contribution is -2.14. The average molecular weight is 484 g/mol. The highest BCUT2D eigenvalue weighted by molar-refractivity contribution is 7.89. The number of nitrogens with zero attached hydrogens (tertiary/aromatic N) is 3. The van der Waals surface area contributed by atoms with E-state index in [0.29, 0.717) is 17.3 Å². The summed E-state index contributed by atoms with van der Waals surface area (Å²) in [5.41, 5.74) is 1.04. The van der Waals surface area contributed by atoms with Crippen molar-refractivity contribution in [3.05, 3.63) is 64.9 Å². The van der Waals surface area contributed by atoms with Crippen molar-refractivity contribution >= 4 is 21.4 Å². The van der Waals surface area contributed by atoms with Crippen LogP contribution in [-0.4, -0.2) is 28.3 Å². The first-order valence-corrected chi connectivity index (χ1v) is 11.2. The number of rotatable bonds is 4. The van der Waals surface area contributed by atoms with E-state index in [4.69, 9.17) is 5.14 Å². The normalized spacial score (nSPS) is 12.3. The Labute approximate surface area is 182 Å². The molecule has 0 bridgehead atoms. The molecule has 0 saturated carbocycles. The topological polar surface area (TPSA) is 111 Å². The summed E-state index contributed by atoms with van der Waals surface area (Å²) in [6.07, 6.45) is -4.80. The van der Waals surface area contributed by atoms with Gasteiger partial charge in [-0.3, -0.25) is 0 Å². The molecule has 0 atom stereocenters. The number of phenolic OH excluding ortho intramolecular Hbond substituents is 1. The Morgan fingerprint density at radius 3 is 2.41 bits per heavy atom. The molecule has 0 aliphatic carbocycles. The van der Waals surface area contributed by atoms with E-state index in [0.717, 1.165) is 22.9 Å². The lowest BCUT2D eigenvalue weighted by atomic mass is 10.1. The molecular weight excluding hydrogens is 472 g/mol. The zero-order chi connectivity index (χ0) is 23.3. The number of benzene rings is 2. The van der Waals surface area contributed by atoms with Gasteiger partial charge in [0.05, 0.1) is 22.6 Å². The van der Waals surface area contributed by atoms with Crippen molar-refractivity contribution in [3.8, 4) is 34.0 Å². The third kappa shape index (κ3) is 4.09. The first kappa shape index (κ1) is 21.9. The molecule has 4 rings (SSSR count). The zero-order valence-electron chi connectivity index (χ0n) is 15.7. The Balaban J connectivity index is 1.88. The van der Waals surface area contributed by atoms with E-state index >= 15 is 0 Å². The molecule has 7 nitrogen and oxygen atoms in total. The minimum Gasteiger partial charge on any atom is -0.507 e. The van der Waals surface area contributed by atoms with Gasteiger partial charge in [-0.2, -0.15) is 18.3 Å². The standard InChI is InChI=1S/C19H12F4N4O3S2/c20-13-6-11(2-4-17(13)32(24,29)30)27-15(7-18(26-27)19(21,22)23)10-1-3-12(16(28)5-10)14-8-31-9-25-14/h1-9,28H,(H2,24,29,30). The van der Waals surface area contributed by atoms with Gasteiger partial charge in [0.15, 0.2) is 5.69 Å². The number of phenols is 1. The quantitative estimate of drug-likeness (QED) is 0.423. The van der Waals surface area contributed by atoms with Crippen LogP contribution in [0.2, 0.25) is 0 Å². The minimum absolute atomic E-state index is 0.111. The molecule has 2 heterocycles. The summed E-state index contributed by atoms with van der Waals surface area (Å²) < 4.78 is 78.0. The van der Waals surface area contributed by atoms with Gasteiger partial charge in [-0.05, 0) is 30.3 Å². The summed E-state index contributed by atoms with van der Waals surface area (Å²) in [5, 5.41) is 20.5. The molecule has 2 aromatic heterocycles. The molecule has 0 amide bonds. The summed E-state index contributed by atoms with van der Waals surface area (Å²) in [6.45, 7) is 0. The van der Waals surface area contributed by atoms with Gasteiger partial charge < -0.3 is 5.11 Å². The predicted octanol–water partition coefficient (Wildman–Crippen LogP) is 4.17. The van der Waals surface area contributed by atoms with E-state index in [9.17, 15) is 31.1 Å². The lowest BCUT2D eigenvalue weighted by molar-refractivity contribution is -0.141. The van der Waals surface area contributed by atoms with Crippen LogP contribution in [-0.2, 0) is 16.2 Å². The molecule has 0 spiro atoms. The van der Waals surface area contributed by atoms with Crippen LogP contribution in [0.5, 0.6) is 5.75 Å². The maximum atomic E-state index is 14.3. The van der Waals surface area contributed by atoms with Crippen LogP contribution in [0.1, 0.15) is 5.69 Å². The maximum Gasteiger partial charge on any atom is 0.435 e. The molecule has 3 N–H and O–H groups in total. The van der Waals surface area contributed by atoms with Crippen LogP contribution >= 0.6 is 11.3 Å². The van der Waals surface area contributed by atoms with Gasteiger partial charge in [0.2, 0.25) is 10.0 Å². The zero-order valence-corrected chi connectivity index (χ0v) is 17.3. The van der Waals surface area contributed by atoms with Gasteiger partial charge >= 0.3 is 6.18 Å². The van der Waals surface area contributed by atoms with Crippen LogP contribution in [0.25, 0.3) is 28.2 Å². The van der Waals surface area contributed by atoms with Gasteiger partial charge in [-0.15, -0.1) is 11.3 Å². The highest BCUT2D eigenvalue weighted by Crippen LogP contribution is 2.37. The number of hydrogen-bond acceptors (Lipinski definition) is 6. The third-order valence-electron chi connectivity index (χ3n) is 4.47. The van der Waals surface area contributed by atoms with E-state index in [2.05, 4.69) is 10.1 Å². The van der Waals surface area contributed by atoms with Gasteiger partial charge in [0, 0.05) is 22.6 Å². The summed E-state index contributed by atoms with van der Waals surface area (Å²) in [7, 11) is -4.37. The smallest absolute Gasteiger partial charge is 0.435 e. The van der Waals surface area contributed by atoms with Crippen LogP contribution in [0, 0.1) is 5.82 Å². The Bertz CT molecular complexity index is 1420. The number of aromatic nitrogens is 3. The summed E-state index contributed by atoms with van der Waals surface area (Å²) >= 11 is 1.31. The van der Waals surface area contributed by atoms with Gasteiger partial charge in [0.25, 0.3) is 0 Å². The first-order valence-electron chi connectivity index (χ1n) is 8.67. The van der Waals surface area contributed by atoms with Crippen molar-refractivity contribution < 1.29 is 31.1 Å². The number of halogens is 4. The maximum absolute atomic E-state index is 14.3. The van der Waals surface area contributed by atoms with Crippen LogP contribution in [0.4, 0.5) is 17.6 Å². The van der Waals surface area contributed by atoms with Crippen LogP contribution in [0.3, 0.4) is 0 Å². The fourth-order valence-corrected chi connectivity index (χ4v) is 4.17. The second kappa shape index (κ2) is 7.69. The van der Waals surface area contributed by atoms with Gasteiger partial charge in [-0.1, -0.05) is 6.07 Å². The number of alkyl halides is 3. The van der Waals surface area contributed by atoms with E-state index in [1.807, 2.05) is 0 Å². The second-order valence-electron chi connectivity index (χ2n) is 6.59. The van der Waals surface area contributed by atoms with E-state index in [-0.39, 0.29) is 22.7 Å². The van der Waals surface area contributed by atoms with Crippen molar-refractivity contribution in [3.63, 3.8) is 0 Å². The summed E-state index contributed by atoms with van der Waals surface area (Å²) in [5.74, 6) is -1.48. The molecule has 0 saturated heterocycles. The molecule has 0 aliphatic heterocycles. The number of hydrogen-bond donors (Lipinski definition) is 2. The Kier molecular flexibility index (Phi) is 5.27. The van der Waals surface area contributed by atoms with E-state index in [1.54, 1.807) is 10.9 Å². The molecule has 0 fully saturated rings. The predicted molar refractivity (Wildman–Crippen MR) is 108 cm³/mol.